The second-order valence-corrected chi connectivity index (χ2v) is 7.39. The number of halogens is 2. The van der Waals surface area contributed by atoms with Crippen LogP contribution in [0.3, 0.4) is 0 Å². The highest BCUT2D eigenvalue weighted by Gasteiger charge is 2.14. The van der Waals surface area contributed by atoms with Crippen LogP contribution in [0.5, 0.6) is 0 Å². The maximum atomic E-state index is 13.3. The average molecular weight is 397 g/mol. The first-order chi connectivity index (χ1) is 12.8. The molecule has 146 valence electrons. The lowest BCUT2D eigenvalue weighted by molar-refractivity contribution is 0.504. The minimum atomic E-state index is -3.63. The van der Waals surface area contributed by atoms with Crippen LogP contribution in [0.15, 0.2) is 52.6 Å². The quantitative estimate of drug-likeness (QED) is 0.374. The van der Waals surface area contributed by atoms with Crippen molar-refractivity contribution < 1.29 is 17.2 Å². The predicted molar refractivity (Wildman–Crippen MR) is 98.7 cm³/mol. The van der Waals surface area contributed by atoms with E-state index >= 15 is 0 Å². The topological polar surface area (TPSA) is 95.5 Å². The van der Waals surface area contributed by atoms with E-state index in [1.165, 1.54) is 30.6 Å². The van der Waals surface area contributed by atoms with Gasteiger partial charge in [0.2, 0.25) is 10.0 Å². The smallest absolute Gasteiger partial charge is 0.242 e. The van der Waals surface area contributed by atoms with Crippen molar-refractivity contribution in [3.8, 4) is 0 Å². The van der Waals surface area contributed by atoms with Gasteiger partial charge in [-0.1, -0.05) is 6.07 Å². The summed E-state index contributed by atoms with van der Waals surface area (Å²) >= 11 is 0. The Kier molecular flexibility index (Phi) is 7.19. The van der Waals surface area contributed by atoms with Gasteiger partial charge >= 0.3 is 0 Å². The van der Waals surface area contributed by atoms with E-state index in [4.69, 9.17) is 0 Å². The number of rotatable bonds is 7. The molecule has 1 unspecified atom stereocenters. The number of nitrogens with one attached hydrogen (secondary N) is 3. The summed E-state index contributed by atoms with van der Waals surface area (Å²) in [6, 6.07) is 6.31. The first-order valence-electron chi connectivity index (χ1n) is 8.15. The minimum absolute atomic E-state index is 0.0828. The zero-order valence-corrected chi connectivity index (χ0v) is 15.7. The summed E-state index contributed by atoms with van der Waals surface area (Å²) in [5, 5.41) is 5.97. The molecule has 0 amide bonds. The van der Waals surface area contributed by atoms with Gasteiger partial charge in [-0.3, -0.25) is 9.98 Å². The van der Waals surface area contributed by atoms with Gasteiger partial charge in [-0.25, -0.2) is 21.9 Å². The molecule has 10 heteroatoms. The third kappa shape index (κ3) is 5.97. The van der Waals surface area contributed by atoms with Crippen LogP contribution in [0.1, 0.15) is 18.5 Å². The summed E-state index contributed by atoms with van der Waals surface area (Å²) in [6.07, 6.45) is 2.75. The monoisotopic (exact) mass is 397 g/mol. The largest absolute Gasteiger partial charge is 0.355 e. The molecule has 0 fully saturated rings. The zero-order valence-electron chi connectivity index (χ0n) is 14.9. The molecule has 0 aliphatic rings. The van der Waals surface area contributed by atoms with Gasteiger partial charge in [0.05, 0.1) is 6.04 Å². The van der Waals surface area contributed by atoms with Crippen molar-refractivity contribution in [3.63, 3.8) is 0 Å². The van der Waals surface area contributed by atoms with Gasteiger partial charge < -0.3 is 10.6 Å². The van der Waals surface area contributed by atoms with Crippen molar-refractivity contribution >= 4 is 16.0 Å². The molecule has 7 nitrogen and oxygen atoms in total. The Morgan fingerprint density at radius 3 is 2.63 bits per heavy atom. The number of nitrogens with zero attached hydrogens (tertiary/aromatic N) is 2. The number of sulfonamides is 1. The molecule has 3 N–H and O–H groups in total. The van der Waals surface area contributed by atoms with Crippen LogP contribution < -0.4 is 15.4 Å². The Morgan fingerprint density at radius 1 is 1.22 bits per heavy atom. The number of hydrogen-bond donors (Lipinski definition) is 3. The minimum Gasteiger partial charge on any atom is -0.355 e. The molecule has 0 saturated carbocycles. The van der Waals surface area contributed by atoms with Crippen molar-refractivity contribution in [3.05, 3.63) is 59.9 Å². The first-order valence-corrected chi connectivity index (χ1v) is 9.63. The number of pyridine rings is 1. The number of guanidine groups is 1. The van der Waals surface area contributed by atoms with Crippen molar-refractivity contribution in [2.24, 2.45) is 4.99 Å². The van der Waals surface area contributed by atoms with Crippen LogP contribution in [-0.2, 0) is 10.0 Å². The maximum Gasteiger partial charge on any atom is 0.242 e. The van der Waals surface area contributed by atoms with Crippen LogP contribution in [0.4, 0.5) is 8.78 Å². The number of aliphatic imine (C=N–C) groups is 1. The Labute approximate surface area is 157 Å². The molecule has 0 bridgehead atoms. The van der Waals surface area contributed by atoms with Crippen molar-refractivity contribution in [1.29, 1.82) is 0 Å². The molecule has 1 aromatic carbocycles. The highest BCUT2D eigenvalue weighted by atomic mass is 32.2. The normalized spacial score (nSPS) is 13.3. The lowest BCUT2D eigenvalue weighted by Gasteiger charge is -2.18. The van der Waals surface area contributed by atoms with Crippen molar-refractivity contribution in [2.45, 2.75) is 17.9 Å². The summed E-state index contributed by atoms with van der Waals surface area (Å²) in [5.41, 5.74) is 0.550. The molecule has 0 saturated heterocycles. The fraction of sp³-hybridized carbons (Fsp3) is 0.294. The molecule has 0 radical (unpaired) electrons. The second-order valence-electron chi connectivity index (χ2n) is 5.63. The molecule has 1 heterocycles. The summed E-state index contributed by atoms with van der Waals surface area (Å²) in [7, 11) is -2.08. The Hall–Kier alpha value is -2.59. The highest BCUT2D eigenvalue weighted by molar-refractivity contribution is 7.89. The average Bonchev–Trinajstić information content (AvgIpc) is 2.66. The van der Waals surface area contributed by atoms with E-state index in [-0.39, 0.29) is 24.0 Å². The first kappa shape index (κ1) is 20.7. The fourth-order valence-corrected chi connectivity index (χ4v) is 3.22. The molecule has 2 rings (SSSR count). The van der Waals surface area contributed by atoms with Gasteiger partial charge in [0.1, 0.15) is 4.90 Å². The fourth-order valence-electron chi connectivity index (χ4n) is 2.22. The molecule has 1 aromatic heterocycles. The van der Waals surface area contributed by atoms with E-state index < -0.39 is 21.7 Å². The van der Waals surface area contributed by atoms with Gasteiger partial charge in [-0.05, 0) is 36.8 Å². The predicted octanol–water partition coefficient (Wildman–Crippen LogP) is 1.56. The van der Waals surface area contributed by atoms with E-state index in [0.717, 1.165) is 12.1 Å². The van der Waals surface area contributed by atoms with Crippen LogP contribution in [0.2, 0.25) is 0 Å². The van der Waals surface area contributed by atoms with Gasteiger partial charge in [0.25, 0.3) is 0 Å². The third-order valence-corrected chi connectivity index (χ3v) is 5.12. The van der Waals surface area contributed by atoms with E-state index in [1.807, 2.05) is 0 Å². The number of hydrogen-bond acceptors (Lipinski definition) is 4. The van der Waals surface area contributed by atoms with Crippen LogP contribution in [-0.4, -0.2) is 39.5 Å². The van der Waals surface area contributed by atoms with Crippen LogP contribution >= 0.6 is 0 Å². The lowest BCUT2D eigenvalue weighted by atomic mass is 10.1. The zero-order chi connectivity index (χ0) is 19.9. The number of aromatic nitrogens is 1. The molecular formula is C17H21F2N5O2S. The summed E-state index contributed by atoms with van der Waals surface area (Å²) < 4.78 is 53.0. The molecule has 1 atom stereocenters. The van der Waals surface area contributed by atoms with Gasteiger partial charge in [0.15, 0.2) is 17.6 Å². The molecule has 2 aromatic rings. The molecular weight excluding hydrogens is 376 g/mol. The maximum absolute atomic E-state index is 13.3. The van der Waals surface area contributed by atoms with Gasteiger partial charge in [0, 0.05) is 32.5 Å². The molecule has 0 aliphatic carbocycles. The molecule has 0 spiro atoms. The standard InChI is InChI=1S/C17H21F2N5O2S/c1-12(13-5-6-15(18)16(19)10-13)24-17(20-2)22-8-9-23-27(25,26)14-4-3-7-21-11-14/h3-7,10-12,23H,8-9H2,1-2H3,(H2,20,22,24). The van der Waals surface area contributed by atoms with Crippen LogP contribution in [0, 0.1) is 11.6 Å². The van der Waals surface area contributed by atoms with E-state index in [9.17, 15) is 17.2 Å². The Bertz CT molecular complexity index is 891. The van der Waals surface area contributed by atoms with Gasteiger partial charge in [-0.15, -0.1) is 0 Å². The summed E-state index contributed by atoms with van der Waals surface area (Å²) in [5.74, 6) is -1.43. The third-order valence-electron chi connectivity index (χ3n) is 3.67. The van der Waals surface area contributed by atoms with Gasteiger partial charge in [-0.2, -0.15) is 0 Å². The van der Waals surface area contributed by atoms with Crippen molar-refractivity contribution in [2.75, 3.05) is 20.1 Å². The SMILES string of the molecule is CN=C(NCCNS(=O)(=O)c1cccnc1)NC(C)c1ccc(F)c(F)c1. The summed E-state index contributed by atoms with van der Waals surface area (Å²) in [4.78, 5) is 7.89. The van der Waals surface area contributed by atoms with E-state index in [1.54, 1.807) is 14.0 Å². The highest BCUT2D eigenvalue weighted by Crippen LogP contribution is 2.15. The molecule has 27 heavy (non-hydrogen) atoms. The van der Waals surface area contributed by atoms with Crippen LogP contribution in [0.25, 0.3) is 0 Å². The Morgan fingerprint density at radius 2 is 2.00 bits per heavy atom. The molecule has 0 aliphatic heterocycles. The Balaban J connectivity index is 1.84. The summed E-state index contributed by atoms with van der Waals surface area (Å²) in [6.45, 7) is 2.16. The second kappa shape index (κ2) is 9.38. The van der Waals surface area contributed by atoms with E-state index in [0.29, 0.717) is 11.5 Å². The van der Waals surface area contributed by atoms with Crippen molar-refractivity contribution in [1.82, 2.24) is 20.3 Å². The number of benzene rings is 1. The lowest BCUT2D eigenvalue weighted by Crippen LogP contribution is -2.42. The van der Waals surface area contributed by atoms with E-state index in [2.05, 4.69) is 25.3 Å².